The molecule has 1 unspecified atom stereocenters. The molecule has 0 saturated carbocycles. The van der Waals surface area contributed by atoms with E-state index in [0.717, 1.165) is 33.3 Å². The predicted octanol–water partition coefficient (Wildman–Crippen LogP) is 4.72. The number of aromatic amines is 1. The zero-order chi connectivity index (χ0) is 18.3. The summed E-state index contributed by atoms with van der Waals surface area (Å²) in [6.45, 7) is 4.71. The summed E-state index contributed by atoms with van der Waals surface area (Å²) >= 11 is 0. The van der Waals surface area contributed by atoms with Crippen LogP contribution in [-0.2, 0) is 11.2 Å². The van der Waals surface area contributed by atoms with Gasteiger partial charge in [-0.2, -0.15) is 0 Å². The van der Waals surface area contributed by atoms with Crippen molar-refractivity contribution in [3.8, 4) is 0 Å². The van der Waals surface area contributed by atoms with Crippen molar-refractivity contribution in [2.45, 2.75) is 26.3 Å². The summed E-state index contributed by atoms with van der Waals surface area (Å²) in [6, 6.07) is 12.6. The molecule has 0 aliphatic carbocycles. The van der Waals surface area contributed by atoms with E-state index in [2.05, 4.69) is 4.98 Å². The molecular formula is C21H21FN2O2. The van der Waals surface area contributed by atoms with Crippen LogP contribution in [0, 0.1) is 12.7 Å². The highest BCUT2D eigenvalue weighted by Gasteiger charge is 2.35. The topological polar surface area (TPSA) is 45.3 Å². The van der Waals surface area contributed by atoms with Crippen molar-refractivity contribution in [2.24, 2.45) is 0 Å². The number of hydrogen-bond donors (Lipinski definition) is 1. The molecule has 2 heterocycles. The lowest BCUT2D eigenvalue weighted by Crippen LogP contribution is -2.40. The number of amides is 1. The van der Waals surface area contributed by atoms with Gasteiger partial charge in [-0.05, 0) is 49.6 Å². The van der Waals surface area contributed by atoms with E-state index in [1.165, 1.54) is 6.07 Å². The summed E-state index contributed by atoms with van der Waals surface area (Å²) in [7, 11) is 0. The molecule has 1 N–H and O–H groups in total. The van der Waals surface area contributed by atoms with E-state index in [1.807, 2.05) is 31.2 Å². The minimum atomic E-state index is -0.325. The van der Waals surface area contributed by atoms with Crippen LogP contribution in [0.4, 0.5) is 9.18 Å². The van der Waals surface area contributed by atoms with Crippen LogP contribution in [0.15, 0.2) is 42.5 Å². The number of carbonyl (C=O) groups is 1. The third kappa shape index (κ3) is 2.73. The van der Waals surface area contributed by atoms with Crippen molar-refractivity contribution in [3.05, 3.63) is 70.7 Å². The molecule has 1 aliphatic heterocycles. The van der Waals surface area contributed by atoms with Crippen LogP contribution in [0.1, 0.15) is 35.3 Å². The van der Waals surface area contributed by atoms with Gasteiger partial charge in [0.05, 0.1) is 6.61 Å². The minimum absolute atomic E-state index is 0.251. The van der Waals surface area contributed by atoms with E-state index in [4.69, 9.17) is 4.74 Å². The van der Waals surface area contributed by atoms with Crippen molar-refractivity contribution < 1.29 is 13.9 Å². The van der Waals surface area contributed by atoms with E-state index in [9.17, 15) is 9.18 Å². The summed E-state index contributed by atoms with van der Waals surface area (Å²) in [5.74, 6) is -0.251. The van der Waals surface area contributed by atoms with Crippen molar-refractivity contribution in [2.75, 3.05) is 13.2 Å². The quantitative estimate of drug-likeness (QED) is 0.725. The van der Waals surface area contributed by atoms with Gasteiger partial charge in [0, 0.05) is 23.1 Å². The molecule has 1 aromatic heterocycles. The third-order valence-electron chi connectivity index (χ3n) is 4.98. The standard InChI is InChI=1S/C21H21FN2O2/c1-3-26-21(25)24-11-10-16-17-12-15(22)8-9-18(17)23-19(16)20(24)14-6-4-13(2)5-7-14/h4-9,12,20,23H,3,10-11H2,1-2H3. The van der Waals surface area contributed by atoms with Gasteiger partial charge in [-0.3, -0.25) is 4.90 Å². The average Bonchev–Trinajstić information content (AvgIpc) is 3.00. The van der Waals surface area contributed by atoms with Crippen LogP contribution in [-0.4, -0.2) is 29.1 Å². The number of fused-ring (bicyclic) bond motifs is 3. The first-order chi connectivity index (χ1) is 12.6. The molecule has 0 radical (unpaired) electrons. The molecule has 5 heteroatoms. The van der Waals surface area contributed by atoms with Crippen molar-refractivity contribution in [3.63, 3.8) is 0 Å². The first kappa shape index (κ1) is 16.6. The van der Waals surface area contributed by atoms with Crippen LogP contribution in [0.3, 0.4) is 0 Å². The zero-order valence-electron chi connectivity index (χ0n) is 14.9. The SMILES string of the molecule is CCOC(=O)N1CCc2c([nH]c3ccc(F)cc23)C1c1ccc(C)cc1. The number of carbonyl (C=O) groups excluding carboxylic acids is 1. The maximum absolute atomic E-state index is 13.8. The predicted molar refractivity (Wildman–Crippen MR) is 98.7 cm³/mol. The van der Waals surface area contributed by atoms with Crippen LogP contribution in [0.5, 0.6) is 0 Å². The largest absolute Gasteiger partial charge is 0.450 e. The van der Waals surface area contributed by atoms with Gasteiger partial charge in [-0.1, -0.05) is 29.8 Å². The number of nitrogens with zero attached hydrogens (tertiary/aromatic N) is 1. The summed E-state index contributed by atoms with van der Waals surface area (Å²) < 4.78 is 19.0. The number of aryl methyl sites for hydroxylation is 1. The second-order valence-electron chi connectivity index (χ2n) is 6.66. The summed E-state index contributed by atoms with van der Waals surface area (Å²) in [5.41, 5.74) is 5.07. The average molecular weight is 352 g/mol. The van der Waals surface area contributed by atoms with Crippen LogP contribution in [0.2, 0.25) is 0 Å². The fraction of sp³-hybridized carbons (Fsp3) is 0.286. The number of H-pyrrole nitrogens is 1. The number of hydrogen-bond acceptors (Lipinski definition) is 2. The van der Waals surface area contributed by atoms with E-state index in [1.54, 1.807) is 24.0 Å². The molecule has 134 valence electrons. The van der Waals surface area contributed by atoms with Gasteiger partial charge in [0.25, 0.3) is 0 Å². The highest BCUT2D eigenvalue weighted by atomic mass is 19.1. The molecule has 0 saturated heterocycles. The summed E-state index contributed by atoms with van der Waals surface area (Å²) in [6.07, 6.45) is 0.341. The van der Waals surface area contributed by atoms with Crippen LogP contribution >= 0.6 is 0 Å². The number of ether oxygens (including phenoxy) is 1. The fourth-order valence-corrected chi connectivity index (χ4v) is 3.76. The Morgan fingerprint density at radius 3 is 2.77 bits per heavy atom. The molecule has 1 aliphatic rings. The number of aromatic nitrogens is 1. The van der Waals surface area contributed by atoms with Gasteiger partial charge in [0.15, 0.2) is 0 Å². The molecule has 4 nitrogen and oxygen atoms in total. The molecule has 0 bridgehead atoms. The zero-order valence-corrected chi connectivity index (χ0v) is 14.9. The number of rotatable bonds is 2. The highest BCUT2D eigenvalue weighted by molar-refractivity contribution is 5.86. The Kier molecular flexibility index (Phi) is 4.15. The first-order valence-electron chi connectivity index (χ1n) is 8.88. The van der Waals surface area contributed by atoms with Crippen molar-refractivity contribution >= 4 is 17.0 Å². The molecule has 0 spiro atoms. The van der Waals surface area contributed by atoms with E-state index in [-0.39, 0.29) is 18.0 Å². The lowest BCUT2D eigenvalue weighted by molar-refractivity contribution is 0.0932. The highest BCUT2D eigenvalue weighted by Crippen LogP contribution is 2.38. The Balaban J connectivity index is 1.88. The number of nitrogens with one attached hydrogen (secondary N) is 1. The molecule has 2 aromatic carbocycles. The molecular weight excluding hydrogens is 331 g/mol. The Labute approximate surface area is 151 Å². The maximum Gasteiger partial charge on any atom is 0.410 e. The fourth-order valence-electron chi connectivity index (χ4n) is 3.76. The van der Waals surface area contributed by atoms with Crippen LogP contribution in [0.25, 0.3) is 10.9 Å². The van der Waals surface area contributed by atoms with Crippen molar-refractivity contribution in [1.29, 1.82) is 0 Å². The van der Waals surface area contributed by atoms with Gasteiger partial charge >= 0.3 is 6.09 Å². The molecule has 4 rings (SSSR count). The van der Waals surface area contributed by atoms with Crippen molar-refractivity contribution in [1.82, 2.24) is 9.88 Å². The van der Waals surface area contributed by atoms with Gasteiger partial charge in [0.1, 0.15) is 11.9 Å². The normalized spacial score (nSPS) is 16.6. The smallest absolute Gasteiger partial charge is 0.410 e. The Hall–Kier alpha value is -2.82. The minimum Gasteiger partial charge on any atom is -0.450 e. The van der Waals surface area contributed by atoms with Gasteiger partial charge < -0.3 is 9.72 Å². The van der Waals surface area contributed by atoms with Gasteiger partial charge in [-0.15, -0.1) is 0 Å². The molecule has 3 aromatic rings. The maximum atomic E-state index is 13.8. The molecule has 26 heavy (non-hydrogen) atoms. The van der Waals surface area contributed by atoms with Crippen LogP contribution < -0.4 is 0 Å². The van der Waals surface area contributed by atoms with E-state index < -0.39 is 0 Å². The Morgan fingerprint density at radius 2 is 2.04 bits per heavy atom. The van der Waals surface area contributed by atoms with E-state index >= 15 is 0 Å². The number of benzene rings is 2. The third-order valence-corrected chi connectivity index (χ3v) is 4.98. The molecule has 1 amide bonds. The number of halogens is 1. The Bertz CT molecular complexity index is 962. The first-order valence-corrected chi connectivity index (χ1v) is 8.88. The Morgan fingerprint density at radius 1 is 1.27 bits per heavy atom. The molecule has 1 atom stereocenters. The second kappa shape index (κ2) is 6.48. The van der Waals surface area contributed by atoms with Gasteiger partial charge in [0.2, 0.25) is 0 Å². The lowest BCUT2D eigenvalue weighted by atomic mass is 9.92. The summed E-state index contributed by atoms with van der Waals surface area (Å²) in [4.78, 5) is 17.7. The second-order valence-corrected chi connectivity index (χ2v) is 6.66. The van der Waals surface area contributed by atoms with Gasteiger partial charge in [-0.25, -0.2) is 9.18 Å². The molecule has 0 fully saturated rings. The monoisotopic (exact) mass is 352 g/mol. The summed E-state index contributed by atoms with van der Waals surface area (Å²) in [5, 5.41) is 0.889. The lowest BCUT2D eigenvalue weighted by Gasteiger charge is -2.35. The van der Waals surface area contributed by atoms with E-state index in [0.29, 0.717) is 19.6 Å².